The van der Waals surface area contributed by atoms with Crippen LogP contribution in [0.5, 0.6) is 5.75 Å². The Morgan fingerprint density at radius 3 is 2.48 bits per heavy atom. The lowest BCUT2D eigenvalue weighted by molar-refractivity contribution is -0.143. The van der Waals surface area contributed by atoms with Gasteiger partial charge in [-0.25, -0.2) is 4.79 Å². The van der Waals surface area contributed by atoms with Gasteiger partial charge in [-0.1, -0.05) is 42.5 Å². The maximum atomic E-state index is 12.6. The van der Waals surface area contributed by atoms with E-state index in [1.54, 1.807) is 25.1 Å². The lowest BCUT2D eigenvalue weighted by Crippen LogP contribution is -2.43. The summed E-state index contributed by atoms with van der Waals surface area (Å²) >= 11 is 0. The van der Waals surface area contributed by atoms with Crippen molar-refractivity contribution in [1.29, 1.82) is 0 Å². The third-order valence-corrected chi connectivity index (χ3v) is 3.88. The Hall–Kier alpha value is -2.86. The number of ether oxygens (including phenoxy) is 2. The zero-order valence-corrected chi connectivity index (χ0v) is 14.2. The lowest BCUT2D eigenvalue weighted by atomic mass is 9.94. The number of nitrogens with one attached hydrogen (secondary N) is 1. The molecule has 132 valence electrons. The van der Waals surface area contributed by atoms with E-state index in [0.29, 0.717) is 5.75 Å². The number of methoxy groups -OCH3 is 1. The summed E-state index contributed by atoms with van der Waals surface area (Å²) in [5.41, 5.74) is 0.454. The summed E-state index contributed by atoms with van der Waals surface area (Å²) in [5, 5.41) is 11.5. The molecule has 0 saturated heterocycles. The molecule has 1 unspecified atom stereocenters. The molecule has 0 saturated carbocycles. The minimum Gasteiger partial charge on any atom is -0.482 e. The molecule has 2 rings (SSSR count). The fourth-order valence-electron chi connectivity index (χ4n) is 2.34. The summed E-state index contributed by atoms with van der Waals surface area (Å²) < 4.78 is 10.6. The van der Waals surface area contributed by atoms with Crippen molar-refractivity contribution >= 4 is 11.9 Å². The third kappa shape index (κ3) is 4.81. The Morgan fingerprint density at radius 1 is 1.12 bits per heavy atom. The minimum atomic E-state index is -1.10. The lowest BCUT2D eigenvalue weighted by Gasteiger charge is -2.27. The normalized spacial score (nSPS) is 12.9. The molecule has 2 aromatic rings. The molecule has 0 aromatic heterocycles. The number of benzene rings is 2. The molecule has 0 aliphatic rings. The van der Waals surface area contributed by atoms with Crippen LogP contribution in [0.15, 0.2) is 54.6 Å². The predicted molar refractivity (Wildman–Crippen MR) is 92.2 cm³/mol. The van der Waals surface area contributed by atoms with Crippen LogP contribution in [0.2, 0.25) is 0 Å². The SMILES string of the molecule is COC(C)(C(=O)NCc1cccc(OCC(=O)O)c1)c1ccccc1. The number of hydrogen-bond donors (Lipinski definition) is 2. The smallest absolute Gasteiger partial charge is 0.341 e. The van der Waals surface area contributed by atoms with Crippen LogP contribution in [0.25, 0.3) is 0 Å². The molecule has 1 amide bonds. The Balaban J connectivity index is 2.03. The van der Waals surface area contributed by atoms with Crippen LogP contribution < -0.4 is 10.1 Å². The number of carbonyl (C=O) groups is 2. The van der Waals surface area contributed by atoms with Gasteiger partial charge in [0.25, 0.3) is 5.91 Å². The zero-order valence-electron chi connectivity index (χ0n) is 14.2. The first-order valence-corrected chi connectivity index (χ1v) is 7.78. The highest BCUT2D eigenvalue weighted by molar-refractivity contribution is 5.86. The van der Waals surface area contributed by atoms with Gasteiger partial charge in [-0.05, 0) is 30.2 Å². The molecule has 25 heavy (non-hydrogen) atoms. The van der Waals surface area contributed by atoms with Gasteiger partial charge in [-0.15, -0.1) is 0 Å². The number of rotatable bonds is 8. The van der Waals surface area contributed by atoms with Crippen molar-refractivity contribution < 1.29 is 24.2 Å². The first-order valence-electron chi connectivity index (χ1n) is 7.78. The molecule has 0 heterocycles. The second-order valence-electron chi connectivity index (χ2n) is 5.62. The Labute approximate surface area is 146 Å². The number of carboxylic acids is 1. The summed E-state index contributed by atoms with van der Waals surface area (Å²) in [5.74, 6) is -0.873. The summed E-state index contributed by atoms with van der Waals surface area (Å²) in [7, 11) is 1.49. The number of carboxylic acid groups (broad SMARTS) is 1. The van der Waals surface area contributed by atoms with Crippen molar-refractivity contribution in [2.24, 2.45) is 0 Å². The van der Waals surface area contributed by atoms with Gasteiger partial charge >= 0.3 is 5.97 Å². The van der Waals surface area contributed by atoms with E-state index in [4.69, 9.17) is 14.6 Å². The molecule has 2 aromatic carbocycles. The van der Waals surface area contributed by atoms with Gasteiger partial charge in [0.05, 0.1) is 0 Å². The van der Waals surface area contributed by atoms with Gasteiger partial charge in [-0.2, -0.15) is 0 Å². The van der Waals surface area contributed by atoms with E-state index in [1.807, 2.05) is 36.4 Å². The second-order valence-corrected chi connectivity index (χ2v) is 5.62. The van der Waals surface area contributed by atoms with Crippen LogP contribution in [0.3, 0.4) is 0 Å². The summed E-state index contributed by atoms with van der Waals surface area (Å²) in [6.45, 7) is 1.57. The van der Waals surface area contributed by atoms with Crippen LogP contribution >= 0.6 is 0 Å². The topological polar surface area (TPSA) is 84.9 Å². The highest BCUT2D eigenvalue weighted by atomic mass is 16.5. The van der Waals surface area contributed by atoms with Crippen LogP contribution in [0.4, 0.5) is 0 Å². The first-order chi connectivity index (χ1) is 12.0. The van der Waals surface area contributed by atoms with E-state index in [1.165, 1.54) is 7.11 Å². The minimum absolute atomic E-state index is 0.266. The summed E-state index contributed by atoms with van der Waals surface area (Å²) in [4.78, 5) is 23.2. The molecular formula is C19H21NO5. The molecule has 0 spiro atoms. The van der Waals surface area contributed by atoms with E-state index in [2.05, 4.69) is 5.32 Å². The zero-order chi connectivity index (χ0) is 18.3. The average molecular weight is 343 g/mol. The monoisotopic (exact) mass is 343 g/mol. The molecule has 2 N–H and O–H groups in total. The maximum absolute atomic E-state index is 12.6. The molecule has 0 radical (unpaired) electrons. The standard InChI is InChI=1S/C19H21NO5/c1-19(24-2,15-8-4-3-5-9-15)18(23)20-12-14-7-6-10-16(11-14)25-13-17(21)22/h3-11H,12-13H2,1-2H3,(H,20,23)(H,21,22). The highest BCUT2D eigenvalue weighted by Gasteiger charge is 2.34. The van der Waals surface area contributed by atoms with Gasteiger partial charge in [0.1, 0.15) is 5.75 Å². The van der Waals surface area contributed by atoms with E-state index in [0.717, 1.165) is 11.1 Å². The highest BCUT2D eigenvalue weighted by Crippen LogP contribution is 2.25. The molecule has 6 nitrogen and oxygen atoms in total. The molecular weight excluding hydrogens is 322 g/mol. The van der Waals surface area contributed by atoms with E-state index >= 15 is 0 Å². The quantitative estimate of drug-likeness (QED) is 0.768. The third-order valence-electron chi connectivity index (χ3n) is 3.88. The van der Waals surface area contributed by atoms with E-state index in [9.17, 15) is 9.59 Å². The van der Waals surface area contributed by atoms with E-state index in [-0.39, 0.29) is 12.5 Å². The second kappa shape index (κ2) is 8.30. The number of carbonyl (C=O) groups excluding carboxylic acids is 1. The van der Waals surface area contributed by atoms with Crippen molar-refractivity contribution in [3.8, 4) is 5.75 Å². The van der Waals surface area contributed by atoms with Gasteiger partial charge in [0.2, 0.25) is 0 Å². The van der Waals surface area contributed by atoms with Crippen molar-refractivity contribution in [1.82, 2.24) is 5.32 Å². The fourth-order valence-corrected chi connectivity index (χ4v) is 2.34. The van der Waals surface area contributed by atoms with Gasteiger partial charge in [-0.3, -0.25) is 4.79 Å². The van der Waals surface area contributed by atoms with Crippen molar-refractivity contribution in [3.63, 3.8) is 0 Å². The summed E-state index contributed by atoms with van der Waals surface area (Å²) in [6, 6.07) is 16.2. The molecule has 1 atom stereocenters. The summed E-state index contributed by atoms with van der Waals surface area (Å²) in [6.07, 6.45) is 0. The van der Waals surface area contributed by atoms with Crippen LogP contribution in [-0.2, 0) is 26.5 Å². The largest absolute Gasteiger partial charge is 0.482 e. The van der Waals surface area contributed by atoms with Crippen molar-refractivity contribution in [3.05, 3.63) is 65.7 Å². The molecule has 0 bridgehead atoms. The fraction of sp³-hybridized carbons (Fsp3) is 0.263. The van der Waals surface area contributed by atoms with Crippen LogP contribution in [0.1, 0.15) is 18.1 Å². The van der Waals surface area contributed by atoms with Gasteiger partial charge in [0, 0.05) is 13.7 Å². The van der Waals surface area contributed by atoms with E-state index < -0.39 is 18.2 Å². The Bertz CT molecular complexity index is 732. The molecule has 0 aliphatic carbocycles. The maximum Gasteiger partial charge on any atom is 0.341 e. The molecule has 0 aliphatic heterocycles. The van der Waals surface area contributed by atoms with Gasteiger partial charge in [0.15, 0.2) is 12.2 Å². The van der Waals surface area contributed by atoms with Gasteiger partial charge < -0.3 is 19.9 Å². The average Bonchev–Trinajstić information content (AvgIpc) is 2.64. The Morgan fingerprint density at radius 2 is 1.84 bits per heavy atom. The van der Waals surface area contributed by atoms with Crippen LogP contribution in [-0.4, -0.2) is 30.7 Å². The number of hydrogen-bond acceptors (Lipinski definition) is 4. The molecule has 0 fully saturated rings. The Kier molecular flexibility index (Phi) is 6.14. The first kappa shape index (κ1) is 18.5. The predicted octanol–water partition coefficient (Wildman–Crippen LogP) is 2.33. The van der Waals surface area contributed by atoms with Crippen LogP contribution in [0, 0.1) is 0 Å². The van der Waals surface area contributed by atoms with Crippen molar-refractivity contribution in [2.75, 3.05) is 13.7 Å². The number of amides is 1. The number of aliphatic carboxylic acids is 1. The van der Waals surface area contributed by atoms with Crippen molar-refractivity contribution in [2.45, 2.75) is 19.1 Å². The molecule has 6 heteroatoms.